The molecule has 1 fully saturated rings. The first kappa shape index (κ1) is 7.95. The molecular formula is C11H8N2S. The Balaban J connectivity index is 2.18. The maximum atomic E-state index is 8.75. The molecule has 2 aromatic rings. The van der Waals surface area contributed by atoms with Crippen molar-refractivity contribution >= 4 is 21.6 Å². The minimum Gasteiger partial charge on any atom is -0.241 e. The Hall–Kier alpha value is -1.40. The van der Waals surface area contributed by atoms with Crippen LogP contribution in [0.15, 0.2) is 18.2 Å². The molecule has 3 heteroatoms. The van der Waals surface area contributed by atoms with E-state index in [9.17, 15) is 0 Å². The van der Waals surface area contributed by atoms with Crippen molar-refractivity contribution in [3.63, 3.8) is 0 Å². The molecule has 0 amide bonds. The predicted molar refractivity (Wildman–Crippen MR) is 56.3 cm³/mol. The fourth-order valence-electron chi connectivity index (χ4n) is 1.52. The summed E-state index contributed by atoms with van der Waals surface area (Å²) in [5.41, 5.74) is 1.68. The van der Waals surface area contributed by atoms with Crippen molar-refractivity contribution in [2.75, 3.05) is 0 Å². The van der Waals surface area contributed by atoms with Crippen LogP contribution in [0.2, 0.25) is 0 Å². The molecule has 1 aromatic carbocycles. The van der Waals surface area contributed by atoms with Crippen LogP contribution in [0.1, 0.15) is 29.3 Å². The lowest BCUT2D eigenvalue weighted by Crippen LogP contribution is -1.75. The van der Waals surface area contributed by atoms with Crippen LogP contribution >= 0.6 is 11.3 Å². The molecule has 14 heavy (non-hydrogen) atoms. The largest absolute Gasteiger partial charge is 0.241 e. The summed E-state index contributed by atoms with van der Waals surface area (Å²) < 4.78 is 1.20. The van der Waals surface area contributed by atoms with Gasteiger partial charge in [0.1, 0.15) is 0 Å². The maximum Gasteiger partial charge on any atom is 0.0992 e. The Bertz CT molecular complexity index is 532. The van der Waals surface area contributed by atoms with Crippen LogP contribution in [0, 0.1) is 11.3 Å². The number of nitriles is 1. The van der Waals surface area contributed by atoms with Crippen molar-refractivity contribution in [2.45, 2.75) is 18.8 Å². The molecule has 0 saturated heterocycles. The van der Waals surface area contributed by atoms with E-state index >= 15 is 0 Å². The molecule has 0 aliphatic heterocycles. The number of rotatable bonds is 1. The van der Waals surface area contributed by atoms with Crippen LogP contribution in [0.5, 0.6) is 0 Å². The van der Waals surface area contributed by atoms with Gasteiger partial charge in [0, 0.05) is 5.92 Å². The van der Waals surface area contributed by atoms with Crippen LogP contribution in [0.25, 0.3) is 10.2 Å². The van der Waals surface area contributed by atoms with Gasteiger partial charge >= 0.3 is 0 Å². The van der Waals surface area contributed by atoms with E-state index in [4.69, 9.17) is 5.26 Å². The third-order valence-corrected chi connectivity index (χ3v) is 3.66. The molecule has 1 aromatic heterocycles. The number of aromatic nitrogens is 1. The van der Waals surface area contributed by atoms with Crippen LogP contribution in [-0.4, -0.2) is 4.98 Å². The fourth-order valence-corrected chi connectivity index (χ4v) is 2.64. The molecule has 1 saturated carbocycles. The summed E-state index contributed by atoms with van der Waals surface area (Å²) in [7, 11) is 0. The molecule has 2 nitrogen and oxygen atoms in total. The SMILES string of the molecule is N#Cc1ccc2sc(C3CC3)nc2c1. The molecule has 1 heterocycles. The van der Waals surface area contributed by atoms with Crippen molar-refractivity contribution in [2.24, 2.45) is 0 Å². The molecule has 0 spiro atoms. The first-order valence-corrected chi connectivity index (χ1v) is 5.49. The third kappa shape index (κ3) is 1.19. The van der Waals surface area contributed by atoms with Gasteiger partial charge in [-0.25, -0.2) is 4.98 Å². The van der Waals surface area contributed by atoms with E-state index in [1.54, 1.807) is 11.3 Å². The van der Waals surface area contributed by atoms with E-state index in [1.807, 2.05) is 18.2 Å². The highest BCUT2D eigenvalue weighted by Crippen LogP contribution is 2.43. The number of hydrogen-bond donors (Lipinski definition) is 0. The Morgan fingerprint density at radius 1 is 1.43 bits per heavy atom. The third-order valence-electron chi connectivity index (χ3n) is 2.46. The maximum absolute atomic E-state index is 8.75. The lowest BCUT2D eigenvalue weighted by molar-refractivity contribution is 1.10. The van der Waals surface area contributed by atoms with Crippen molar-refractivity contribution < 1.29 is 0 Å². The summed E-state index contributed by atoms with van der Waals surface area (Å²) in [5, 5.41) is 10.00. The van der Waals surface area contributed by atoms with Crippen molar-refractivity contribution in [1.29, 1.82) is 5.26 Å². The van der Waals surface area contributed by atoms with Gasteiger partial charge in [-0.1, -0.05) is 0 Å². The van der Waals surface area contributed by atoms with Crippen LogP contribution in [-0.2, 0) is 0 Å². The Morgan fingerprint density at radius 2 is 2.29 bits per heavy atom. The highest BCUT2D eigenvalue weighted by molar-refractivity contribution is 7.18. The Morgan fingerprint density at radius 3 is 3.00 bits per heavy atom. The van der Waals surface area contributed by atoms with Crippen LogP contribution < -0.4 is 0 Å². The molecule has 0 unspecified atom stereocenters. The van der Waals surface area contributed by atoms with Gasteiger partial charge in [0.25, 0.3) is 0 Å². The lowest BCUT2D eigenvalue weighted by atomic mass is 10.2. The minimum absolute atomic E-state index is 0.699. The quantitative estimate of drug-likeness (QED) is 0.709. The van der Waals surface area contributed by atoms with E-state index in [0.29, 0.717) is 11.5 Å². The first-order chi connectivity index (χ1) is 6.86. The summed E-state index contributed by atoms with van der Waals surface area (Å²) in [6.07, 6.45) is 2.57. The second-order valence-electron chi connectivity index (χ2n) is 3.62. The zero-order chi connectivity index (χ0) is 9.54. The van der Waals surface area contributed by atoms with Gasteiger partial charge in [-0.15, -0.1) is 11.3 Å². The minimum atomic E-state index is 0.699. The Kier molecular flexibility index (Phi) is 1.59. The smallest absolute Gasteiger partial charge is 0.0992 e. The lowest BCUT2D eigenvalue weighted by Gasteiger charge is -1.86. The molecule has 68 valence electrons. The van der Waals surface area contributed by atoms with Gasteiger partial charge in [0.2, 0.25) is 0 Å². The van der Waals surface area contributed by atoms with E-state index in [-0.39, 0.29) is 0 Å². The normalized spacial score (nSPS) is 15.6. The predicted octanol–water partition coefficient (Wildman–Crippen LogP) is 3.05. The van der Waals surface area contributed by atoms with E-state index in [0.717, 1.165) is 5.52 Å². The first-order valence-electron chi connectivity index (χ1n) is 4.67. The molecule has 1 aliphatic carbocycles. The van der Waals surface area contributed by atoms with Gasteiger partial charge in [0.15, 0.2) is 0 Å². The van der Waals surface area contributed by atoms with Crippen LogP contribution in [0.3, 0.4) is 0 Å². The molecular weight excluding hydrogens is 192 g/mol. The van der Waals surface area contributed by atoms with Gasteiger partial charge in [0.05, 0.1) is 26.9 Å². The second-order valence-corrected chi connectivity index (χ2v) is 4.68. The van der Waals surface area contributed by atoms with Gasteiger partial charge in [-0.05, 0) is 31.0 Å². The molecule has 1 aliphatic rings. The zero-order valence-corrected chi connectivity index (χ0v) is 8.34. The zero-order valence-electron chi connectivity index (χ0n) is 7.53. The van der Waals surface area contributed by atoms with Crippen molar-refractivity contribution in [3.05, 3.63) is 28.8 Å². The molecule has 0 bridgehead atoms. The number of hydrogen-bond acceptors (Lipinski definition) is 3. The van der Waals surface area contributed by atoms with E-state index in [1.165, 1.54) is 22.5 Å². The van der Waals surface area contributed by atoms with Gasteiger partial charge in [-0.2, -0.15) is 5.26 Å². The van der Waals surface area contributed by atoms with Crippen molar-refractivity contribution in [3.8, 4) is 6.07 Å². The highest BCUT2D eigenvalue weighted by Gasteiger charge is 2.26. The van der Waals surface area contributed by atoms with Gasteiger partial charge in [-0.3, -0.25) is 0 Å². The molecule has 0 N–H and O–H groups in total. The number of nitrogens with zero attached hydrogens (tertiary/aromatic N) is 2. The average molecular weight is 200 g/mol. The Labute approximate surface area is 85.8 Å². The number of thiazole rings is 1. The monoisotopic (exact) mass is 200 g/mol. The summed E-state index contributed by atoms with van der Waals surface area (Å²) >= 11 is 1.77. The topological polar surface area (TPSA) is 36.7 Å². The summed E-state index contributed by atoms with van der Waals surface area (Å²) in [6, 6.07) is 7.87. The molecule has 3 rings (SSSR count). The van der Waals surface area contributed by atoms with E-state index < -0.39 is 0 Å². The number of benzene rings is 1. The summed E-state index contributed by atoms with van der Waals surface area (Å²) in [5.74, 6) is 0.706. The molecule has 0 radical (unpaired) electrons. The second kappa shape index (κ2) is 2.79. The molecule has 0 atom stereocenters. The summed E-state index contributed by atoms with van der Waals surface area (Å²) in [6.45, 7) is 0. The standard InChI is InChI=1S/C11H8N2S/c12-6-7-1-4-10-9(5-7)13-11(14-10)8-2-3-8/h1,4-5,8H,2-3H2. The van der Waals surface area contributed by atoms with Crippen molar-refractivity contribution in [1.82, 2.24) is 4.98 Å². The van der Waals surface area contributed by atoms with Gasteiger partial charge < -0.3 is 0 Å². The fraction of sp³-hybridized carbons (Fsp3) is 0.273. The van der Waals surface area contributed by atoms with E-state index in [2.05, 4.69) is 11.1 Å². The van der Waals surface area contributed by atoms with Crippen LogP contribution in [0.4, 0.5) is 0 Å². The summed E-state index contributed by atoms with van der Waals surface area (Å²) in [4.78, 5) is 4.55. The highest BCUT2D eigenvalue weighted by atomic mass is 32.1. The average Bonchev–Trinajstić information content (AvgIpc) is 2.97. The number of fused-ring (bicyclic) bond motifs is 1.